The van der Waals surface area contributed by atoms with Crippen LogP contribution in [0, 0.1) is 48.2 Å². The van der Waals surface area contributed by atoms with E-state index in [1.54, 1.807) is 0 Å². The van der Waals surface area contributed by atoms with E-state index in [1.807, 2.05) is 42.7 Å². The zero-order valence-electron chi connectivity index (χ0n) is 30.5. The number of alkyl halides is 1. The van der Waals surface area contributed by atoms with E-state index in [1.165, 1.54) is 64.0 Å². The van der Waals surface area contributed by atoms with Gasteiger partial charge in [0.15, 0.2) is 0 Å². The smallest absolute Gasteiger partial charge is 0.220 e. The van der Waals surface area contributed by atoms with Crippen molar-refractivity contribution in [1.82, 2.24) is 5.32 Å². The molecule has 0 aromatic heterocycles. The van der Waals surface area contributed by atoms with E-state index in [-0.39, 0.29) is 18.1 Å². The monoisotopic (exact) mass is 860 g/mol. The molecule has 1 aliphatic rings. The minimum atomic E-state index is -1.77. The first-order valence-electron chi connectivity index (χ1n) is 17.3. The van der Waals surface area contributed by atoms with Crippen LogP contribution >= 0.6 is 35.3 Å². The summed E-state index contributed by atoms with van der Waals surface area (Å²) in [6.45, 7) is 20.8. The Morgan fingerprint density at radius 1 is 0.918 bits per heavy atom. The van der Waals surface area contributed by atoms with Crippen LogP contribution in [0.3, 0.4) is 0 Å². The van der Waals surface area contributed by atoms with Crippen molar-refractivity contribution in [2.75, 3.05) is 28.2 Å². The van der Waals surface area contributed by atoms with Gasteiger partial charge in [-0.1, -0.05) is 70.6 Å². The van der Waals surface area contributed by atoms with Crippen molar-refractivity contribution in [2.24, 2.45) is 0 Å². The van der Waals surface area contributed by atoms with Gasteiger partial charge < -0.3 is 15.1 Å². The zero-order valence-corrected chi connectivity index (χ0v) is 35.3. The third-order valence-electron chi connectivity index (χ3n) is 8.42. The molecule has 3 aromatic carbocycles. The number of amides is 1. The van der Waals surface area contributed by atoms with Crippen LogP contribution in [0.1, 0.15) is 91.3 Å². The van der Waals surface area contributed by atoms with E-state index in [0.29, 0.717) is 13.0 Å². The molecule has 5 nitrogen and oxygen atoms in total. The average molecular weight is 862 g/mol. The summed E-state index contributed by atoms with van der Waals surface area (Å²) >= 11 is 1.71. The van der Waals surface area contributed by atoms with Crippen molar-refractivity contribution >= 4 is 57.2 Å². The minimum absolute atomic E-state index is 0.163. The number of aryl methyl sites for hydroxylation is 6. The maximum Gasteiger partial charge on any atom is 0.220 e. The Morgan fingerprint density at radius 2 is 1.47 bits per heavy atom. The number of benzene rings is 3. The number of halogens is 3. The maximum atomic E-state index is 12.6. The van der Waals surface area contributed by atoms with Gasteiger partial charge in [-0.05, 0) is 76.6 Å². The topological polar surface area (TPSA) is 44.8 Å². The second kappa shape index (κ2) is 20.8. The second-order valence-electron chi connectivity index (χ2n) is 13.3. The predicted molar refractivity (Wildman–Crippen MR) is 213 cm³/mol. The Morgan fingerprint density at radius 3 is 2.04 bits per heavy atom. The molecule has 0 radical (unpaired) electrons. The molecule has 272 valence electrons. The molecule has 4 rings (SSSR count). The van der Waals surface area contributed by atoms with Crippen molar-refractivity contribution in [2.45, 2.75) is 106 Å². The van der Waals surface area contributed by atoms with E-state index >= 15 is 0 Å². The molecule has 9 heteroatoms. The molecule has 1 aliphatic heterocycles. The van der Waals surface area contributed by atoms with Crippen molar-refractivity contribution in [1.29, 1.82) is 0 Å². The summed E-state index contributed by atoms with van der Waals surface area (Å²) in [5.74, 6) is 1.02. The van der Waals surface area contributed by atoms with E-state index in [9.17, 15) is 4.79 Å². The number of hydrogen-bond acceptors (Lipinski definition) is 4. The molecule has 1 N–H and O–H groups in total. The first-order chi connectivity index (χ1) is 23.3. The van der Waals surface area contributed by atoms with E-state index in [4.69, 9.17) is 24.1 Å². The van der Waals surface area contributed by atoms with E-state index in [0.717, 1.165) is 36.0 Å². The Labute approximate surface area is 317 Å². The molecule has 0 spiro atoms. The molecule has 49 heavy (non-hydrogen) atoms. The van der Waals surface area contributed by atoms with Crippen LogP contribution in [0.5, 0.6) is 5.75 Å². The van der Waals surface area contributed by atoms with Crippen molar-refractivity contribution < 1.29 is 23.0 Å². The number of carbonyl (C=O) groups excluding carboxylic acids is 1. The number of anilines is 2. The van der Waals surface area contributed by atoms with Gasteiger partial charge in [-0.25, -0.2) is 0 Å². The fourth-order valence-electron chi connectivity index (χ4n) is 6.60. The number of rotatable bonds is 14. The standard InChI is InChI=1S/C30H43BrN3O.C10H12O.2ClH.Ru/c1-21-14-23(3)29(24(4)15-21)33-19-27(18-32-28(35)12-10-8-7-9-11-13-31)34(20-33)30-25(5)16-22(2)17-26(30)6;1-8(2)11-10-7-5-4-6-9(10)3;;;/h14-17,20,27H,7-13,18-19H2,1-6H3,(H,32,35);3-8H,1-2H3;2*1H;/q-1;;;;+2/p-2. The second-order valence-corrected chi connectivity index (χ2v) is 19.9. The van der Waals surface area contributed by atoms with Crippen LogP contribution in [-0.2, 0) is 18.3 Å². The fraction of sp³-hybridized carbons (Fsp3) is 0.475. The Bertz CT molecular complexity index is 1510. The summed E-state index contributed by atoms with van der Waals surface area (Å²) in [5, 5.41) is 4.32. The van der Waals surface area contributed by atoms with Crippen LogP contribution in [-0.4, -0.2) is 41.1 Å². The molecule has 1 fully saturated rings. The normalized spacial score (nSPS) is 14.4. The number of nitrogens with zero attached hydrogens (tertiary/aromatic N) is 2. The van der Waals surface area contributed by atoms with E-state index in [2.05, 4.69) is 104 Å². The van der Waals surface area contributed by atoms with Gasteiger partial charge >= 0.3 is 97.8 Å². The van der Waals surface area contributed by atoms with Crippen LogP contribution in [0.25, 0.3) is 0 Å². The van der Waals surface area contributed by atoms with Gasteiger partial charge in [-0.2, -0.15) is 6.67 Å². The van der Waals surface area contributed by atoms with Crippen molar-refractivity contribution in [3.63, 3.8) is 0 Å². The van der Waals surface area contributed by atoms with Crippen molar-refractivity contribution in [3.05, 3.63) is 94.1 Å². The summed E-state index contributed by atoms with van der Waals surface area (Å²) < 4.78 is 7.51. The Kier molecular flexibility index (Phi) is 17.6. The van der Waals surface area contributed by atoms with Crippen LogP contribution < -0.4 is 19.9 Å². The summed E-state index contributed by atoms with van der Waals surface area (Å²) in [6, 6.07) is 17.0. The van der Waals surface area contributed by atoms with Crippen LogP contribution in [0.15, 0.2) is 48.5 Å². The van der Waals surface area contributed by atoms with Gasteiger partial charge in [0.05, 0.1) is 0 Å². The molecule has 1 unspecified atom stereocenters. The molecule has 0 aliphatic carbocycles. The molecule has 3 aromatic rings. The molecular weight excluding hydrogens is 806 g/mol. The van der Waals surface area contributed by atoms with Gasteiger partial charge in [-0.3, -0.25) is 4.79 Å². The first kappa shape index (κ1) is 41.5. The minimum Gasteiger partial charge on any atom is -0.501 e. The molecular formula is C40H55BrCl2N3O2Ru-. The molecule has 0 bridgehead atoms. The molecule has 1 heterocycles. The summed E-state index contributed by atoms with van der Waals surface area (Å²) in [7, 11) is 11.6. The third-order valence-corrected chi connectivity index (χ3v) is 10.8. The molecule has 1 saturated heterocycles. The van der Waals surface area contributed by atoms with Gasteiger partial charge in [0.2, 0.25) is 5.91 Å². The van der Waals surface area contributed by atoms with Gasteiger partial charge in [-0.15, -0.1) is 0 Å². The predicted octanol–water partition coefficient (Wildman–Crippen LogP) is 10.8. The van der Waals surface area contributed by atoms with Crippen molar-refractivity contribution in [3.8, 4) is 5.75 Å². The van der Waals surface area contributed by atoms with E-state index < -0.39 is 13.5 Å². The largest absolute Gasteiger partial charge is 0.501 e. The molecule has 1 atom stereocenters. The van der Waals surface area contributed by atoms with Crippen LogP contribution in [0.2, 0.25) is 0 Å². The summed E-state index contributed by atoms with van der Waals surface area (Å²) in [4.78, 5) is 17.4. The van der Waals surface area contributed by atoms with Gasteiger partial charge in [0, 0.05) is 42.3 Å². The summed E-state index contributed by atoms with van der Waals surface area (Å²) in [5.41, 5.74) is 11.2. The number of carbonyl (C=O) groups is 1. The SMILES string of the molecule is CC(C)Oc1ccccc1[CH]=[Ru]([Cl])[Cl].Cc1cc(C)c(N2[CH-]N(c3c(C)cc(C)cc3C)C(CNC(=O)CCCCCCCBr)C2)c(C)c1. The maximum absolute atomic E-state index is 12.6. The Balaban J connectivity index is 0.000000388. The van der Waals surface area contributed by atoms with Gasteiger partial charge in [0.25, 0.3) is 0 Å². The number of ether oxygens (including phenoxy) is 1. The summed E-state index contributed by atoms with van der Waals surface area (Å²) in [6.07, 6.45) is 6.55. The number of para-hydroxylation sites is 1. The molecule has 1 amide bonds. The first-order valence-corrected chi connectivity index (χ1v) is 23.9. The number of unbranched alkanes of at least 4 members (excludes halogenated alkanes) is 4. The fourth-order valence-corrected chi connectivity index (χ4v) is 8.81. The third kappa shape index (κ3) is 13.3. The molecule has 0 saturated carbocycles. The average Bonchev–Trinajstić information content (AvgIpc) is 3.40. The number of nitrogens with one attached hydrogen (secondary N) is 1. The number of hydrogen-bond donors (Lipinski definition) is 1. The zero-order chi connectivity index (χ0) is 36.1. The van der Waals surface area contributed by atoms with Crippen LogP contribution in [0.4, 0.5) is 11.4 Å². The quantitative estimate of drug-likeness (QED) is 0.0759. The Hall–Kier alpha value is -1.92. The van der Waals surface area contributed by atoms with Gasteiger partial charge in [0.1, 0.15) is 0 Å².